The highest BCUT2D eigenvalue weighted by Gasteiger charge is 2.16. The van der Waals surface area contributed by atoms with Crippen LogP contribution in [0.2, 0.25) is 0 Å². The Morgan fingerprint density at radius 3 is 1.73 bits per heavy atom. The zero-order valence-electron chi connectivity index (χ0n) is 27.7. The minimum Gasteiger partial charge on any atom is -0.309 e. The molecule has 51 heavy (non-hydrogen) atoms. The molecule has 8 aromatic carbocycles. The van der Waals surface area contributed by atoms with E-state index in [0.717, 1.165) is 33.8 Å². The monoisotopic (exact) mass is 649 g/mol. The van der Waals surface area contributed by atoms with Crippen molar-refractivity contribution in [1.82, 2.24) is 14.5 Å². The van der Waals surface area contributed by atoms with Crippen molar-refractivity contribution in [3.8, 4) is 50.7 Å². The van der Waals surface area contributed by atoms with Crippen LogP contribution in [0.15, 0.2) is 188 Å². The van der Waals surface area contributed by atoms with Gasteiger partial charge in [-0.15, -0.1) is 0 Å². The van der Waals surface area contributed by atoms with E-state index in [-0.39, 0.29) is 0 Å². The first kappa shape index (κ1) is 29.1. The summed E-state index contributed by atoms with van der Waals surface area (Å²) in [6.07, 6.45) is 0. The summed E-state index contributed by atoms with van der Waals surface area (Å²) in [4.78, 5) is 10.1. The average Bonchev–Trinajstić information content (AvgIpc) is 3.56. The van der Waals surface area contributed by atoms with Crippen LogP contribution in [-0.2, 0) is 0 Å². The summed E-state index contributed by atoms with van der Waals surface area (Å²) in [5.41, 5.74) is 10.9. The smallest absolute Gasteiger partial charge is 0.160 e. The molecule has 2 heterocycles. The molecule has 0 N–H and O–H groups in total. The molecule has 0 amide bonds. The lowest BCUT2D eigenvalue weighted by Crippen LogP contribution is -1.97. The molecule has 0 spiro atoms. The standard InChI is InChI=1S/C48H31N3/c1-3-13-33(14-4-1)43-31-44(34-15-5-2-6-16-34)50-48(49-43)35-22-26-38(27-23-35)51-45-21-10-9-19-42(45)47-41-28-24-36(30-37(41)25-29-46(47)51)40-20-11-17-32-12-7-8-18-39(32)40/h1-31H. The first-order chi connectivity index (χ1) is 25.3. The second-order valence-electron chi connectivity index (χ2n) is 13.0. The van der Waals surface area contributed by atoms with Crippen LogP contribution >= 0.6 is 0 Å². The number of para-hydroxylation sites is 1. The Labute approximate surface area is 295 Å². The molecular formula is C48H31N3. The van der Waals surface area contributed by atoms with E-state index in [1.54, 1.807) is 0 Å². The molecule has 3 nitrogen and oxygen atoms in total. The van der Waals surface area contributed by atoms with E-state index in [1.807, 2.05) is 36.4 Å². The normalized spacial score (nSPS) is 11.5. The van der Waals surface area contributed by atoms with Gasteiger partial charge in [0.05, 0.1) is 22.4 Å². The van der Waals surface area contributed by atoms with Crippen molar-refractivity contribution in [2.24, 2.45) is 0 Å². The molecule has 0 unspecified atom stereocenters. The van der Waals surface area contributed by atoms with Crippen LogP contribution in [0, 0.1) is 0 Å². The van der Waals surface area contributed by atoms with Gasteiger partial charge in [-0.1, -0.05) is 140 Å². The van der Waals surface area contributed by atoms with E-state index in [4.69, 9.17) is 9.97 Å². The maximum absolute atomic E-state index is 5.05. The van der Waals surface area contributed by atoms with Gasteiger partial charge in [0.15, 0.2) is 5.82 Å². The highest BCUT2D eigenvalue weighted by molar-refractivity contribution is 6.21. The molecule has 10 rings (SSSR count). The van der Waals surface area contributed by atoms with E-state index in [9.17, 15) is 0 Å². The lowest BCUT2D eigenvalue weighted by molar-refractivity contribution is 1.16. The summed E-state index contributed by atoms with van der Waals surface area (Å²) in [5, 5.41) is 7.52. The van der Waals surface area contributed by atoms with Crippen LogP contribution < -0.4 is 0 Å². The molecule has 0 bridgehead atoms. The fourth-order valence-electron chi connectivity index (χ4n) is 7.57. The highest BCUT2D eigenvalue weighted by atomic mass is 15.0. The quantitative estimate of drug-likeness (QED) is 0.186. The third kappa shape index (κ3) is 4.98. The van der Waals surface area contributed by atoms with Gasteiger partial charge in [0.25, 0.3) is 0 Å². The summed E-state index contributed by atoms with van der Waals surface area (Å²) < 4.78 is 2.38. The number of rotatable bonds is 5. The molecular weight excluding hydrogens is 619 g/mol. The summed E-state index contributed by atoms with van der Waals surface area (Å²) in [6.45, 7) is 0. The van der Waals surface area contributed by atoms with Crippen LogP contribution in [0.25, 0.3) is 94.1 Å². The molecule has 0 aliphatic carbocycles. The second-order valence-corrected chi connectivity index (χ2v) is 13.0. The zero-order valence-corrected chi connectivity index (χ0v) is 27.7. The van der Waals surface area contributed by atoms with Gasteiger partial charge in [-0.25, -0.2) is 9.97 Å². The molecule has 10 aromatic rings. The Hall–Kier alpha value is -6.84. The van der Waals surface area contributed by atoms with Crippen molar-refractivity contribution >= 4 is 43.4 Å². The first-order valence-corrected chi connectivity index (χ1v) is 17.3. The molecule has 0 saturated carbocycles. The maximum Gasteiger partial charge on any atom is 0.160 e. The first-order valence-electron chi connectivity index (χ1n) is 17.3. The van der Waals surface area contributed by atoms with Gasteiger partial charge in [0, 0.05) is 33.2 Å². The predicted octanol–water partition coefficient (Wildman–Crippen LogP) is 12.5. The summed E-state index contributed by atoms with van der Waals surface area (Å²) in [6, 6.07) is 66.8. The fourth-order valence-corrected chi connectivity index (χ4v) is 7.57. The van der Waals surface area contributed by atoms with E-state index < -0.39 is 0 Å². The van der Waals surface area contributed by atoms with Crippen molar-refractivity contribution in [3.63, 3.8) is 0 Å². The summed E-state index contributed by atoms with van der Waals surface area (Å²) in [7, 11) is 0. The van der Waals surface area contributed by atoms with Crippen LogP contribution in [0.5, 0.6) is 0 Å². The van der Waals surface area contributed by atoms with Gasteiger partial charge in [-0.05, 0) is 81.2 Å². The molecule has 3 heteroatoms. The Morgan fingerprint density at radius 2 is 0.980 bits per heavy atom. The van der Waals surface area contributed by atoms with Crippen LogP contribution in [0.4, 0.5) is 0 Å². The Bertz CT molecular complexity index is 2830. The number of fused-ring (bicyclic) bond motifs is 6. The SMILES string of the molecule is c1ccc(-c2cc(-c3ccccc3)nc(-c3ccc(-n4c5ccccc5c5c6ccc(-c7cccc8ccccc78)cc6ccc54)cc3)n2)cc1. The predicted molar refractivity (Wildman–Crippen MR) is 213 cm³/mol. The van der Waals surface area contributed by atoms with E-state index >= 15 is 0 Å². The topological polar surface area (TPSA) is 30.7 Å². The van der Waals surface area contributed by atoms with Crippen molar-refractivity contribution in [2.45, 2.75) is 0 Å². The largest absolute Gasteiger partial charge is 0.309 e. The second kappa shape index (κ2) is 11.9. The van der Waals surface area contributed by atoms with Crippen molar-refractivity contribution in [2.75, 3.05) is 0 Å². The van der Waals surface area contributed by atoms with Crippen LogP contribution in [-0.4, -0.2) is 14.5 Å². The zero-order chi connectivity index (χ0) is 33.7. The molecule has 0 fully saturated rings. The maximum atomic E-state index is 5.05. The molecule has 0 aliphatic heterocycles. The van der Waals surface area contributed by atoms with Gasteiger partial charge in [0.2, 0.25) is 0 Å². The molecule has 238 valence electrons. The third-order valence-corrected chi connectivity index (χ3v) is 10.0. The lowest BCUT2D eigenvalue weighted by atomic mass is 9.95. The number of hydrogen-bond donors (Lipinski definition) is 0. The van der Waals surface area contributed by atoms with Gasteiger partial charge in [0.1, 0.15) is 0 Å². The molecule has 0 aliphatic rings. The third-order valence-electron chi connectivity index (χ3n) is 10.0. The molecule has 0 radical (unpaired) electrons. The van der Waals surface area contributed by atoms with Gasteiger partial charge in [-0.3, -0.25) is 0 Å². The van der Waals surface area contributed by atoms with Crippen LogP contribution in [0.3, 0.4) is 0 Å². The number of hydrogen-bond acceptors (Lipinski definition) is 2. The summed E-state index contributed by atoms with van der Waals surface area (Å²) in [5.74, 6) is 0.706. The van der Waals surface area contributed by atoms with Gasteiger partial charge < -0.3 is 4.57 Å². The Kier molecular flexibility index (Phi) is 6.81. The van der Waals surface area contributed by atoms with E-state index in [1.165, 1.54) is 54.5 Å². The summed E-state index contributed by atoms with van der Waals surface area (Å²) >= 11 is 0. The highest BCUT2D eigenvalue weighted by Crippen LogP contribution is 2.39. The van der Waals surface area contributed by atoms with Crippen molar-refractivity contribution in [3.05, 3.63) is 188 Å². The van der Waals surface area contributed by atoms with Crippen molar-refractivity contribution < 1.29 is 0 Å². The van der Waals surface area contributed by atoms with Crippen LogP contribution in [0.1, 0.15) is 0 Å². The number of nitrogens with zero attached hydrogens (tertiary/aromatic N) is 3. The minimum atomic E-state index is 0.706. The van der Waals surface area contributed by atoms with Crippen molar-refractivity contribution in [1.29, 1.82) is 0 Å². The van der Waals surface area contributed by atoms with Gasteiger partial charge >= 0.3 is 0 Å². The Morgan fingerprint density at radius 1 is 0.353 bits per heavy atom. The Balaban J connectivity index is 1.10. The van der Waals surface area contributed by atoms with E-state index in [2.05, 4.69) is 156 Å². The molecule has 0 saturated heterocycles. The average molecular weight is 650 g/mol. The van der Waals surface area contributed by atoms with Gasteiger partial charge in [-0.2, -0.15) is 0 Å². The minimum absolute atomic E-state index is 0.706. The number of aromatic nitrogens is 3. The van der Waals surface area contributed by atoms with E-state index in [0.29, 0.717) is 5.82 Å². The lowest BCUT2D eigenvalue weighted by Gasteiger charge is -2.12. The fraction of sp³-hybridized carbons (Fsp3) is 0. The molecule has 0 atom stereocenters. The molecule has 2 aromatic heterocycles. The number of benzene rings is 8.